The Kier molecular flexibility index (Phi) is 6.03. The van der Waals surface area contributed by atoms with Crippen LogP contribution in [0.4, 0.5) is 14.9 Å². The predicted octanol–water partition coefficient (Wildman–Crippen LogP) is 4.79. The maximum Gasteiger partial charge on any atom is 0.407 e. The van der Waals surface area contributed by atoms with Crippen molar-refractivity contribution < 1.29 is 28.7 Å². The molecular formula is C24H19FN2O6. The average Bonchev–Trinajstić information content (AvgIpc) is 3.10. The van der Waals surface area contributed by atoms with Gasteiger partial charge in [-0.25, -0.2) is 9.18 Å². The van der Waals surface area contributed by atoms with E-state index in [1.807, 2.05) is 48.5 Å². The van der Waals surface area contributed by atoms with Crippen LogP contribution in [-0.4, -0.2) is 28.7 Å². The molecule has 0 radical (unpaired) electrons. The van der Waals surface area contributed by atoms with Gasteiger partial charge in [0, 0.05) is 12.0 Å². The molecule has 3 aromatic rings. The van der Waals surface area contributed by atoms with Crippen LogP contribution in [0.3, 0.4) is 0 Å². The number of carbonyl (C=O) groups excluding carboxylic acids is 1. The molecule has 3 aromatic carbocycles. The Hall–Kier alpha value is -4.27. The lowest BCUT2D eigenvalue weighted by molar-refractivity contribution is -0.385. The Labute approximate surface area is 187 Å². The van der Waals surface area contributed by atoms with Crippen molar-refractivity contribution >= 4 is 17.7 Å². The number of rotatable bonds is 7. The molecule has 1 aliphatic carbocycles. The quantitative estimate of drug-likeness (QED) is 0.395. The molecule has 0 fully saturated rings. The van der Waals surface area contributed by atoms with Gasteiger partial charge in [-0.05, 0) is 34.4 Å². The lowest BCUT2D eigenvalue weighted by Crippen LogP contribution is -2.32. The van der Waals surface area contributed by atoms with Gasteiger partial charge in [-0.15, -0.1) is 0 Å². The molecule has 0 saturated heterocycles. The molecule has 4 rings (SSSR count). The van der Waals surface area contributed by atoms with Gasteiger partial charge in [0.2, 0.25) is 0 Å². The van der Waals surface area contributed by atoms with E-state index in [9.17, 15) is 29.2 Å². The Morgan fingerprint density at radius 1 is 1.06 bits per heavy atom. The summed E-state index contributed by atoms with van der Waals surface area (Å²) in [5, 5.41) is 22.9. The third-order valence-electron chi connectivity index (χ3n) is 5.58. The second-order valence-corrected chi connectivity index (χ2v) is 7.58. The number of nitro groups is 1. The van der Waals surface area contributed by atoms with Gasteiger partial charge >= 0.3 is 12.1 Å². The minimum atomic E-state index is -1.35. The number of alkyl carbamates (subject to hydrolysis) is 1. The van der Waals surface area contributed by atoms with E-state index in [0.29, 0.717) is 0 Å². The molecule has 1 amide bonds. The van der Waals surface area contributed by atoms with Gasteiger partial charge in [-0.1, -0.05) is 48.5 Å². The Morgan fingerprint density at radius 3 is 2.24 bits per heavy atom. The average molecular weight is 450 g/mol. The monoisotopic (exact) mass is 450 g/mol. The number of nitrogens with one attached hydrogen (secondary N) is 1. The standard InChI is InChI=1S/C24H19FN2O6/c25-14-9-10-22(27(31)32)19(11-14)21(12-23(28)29)26-24(30)33-13-20-17-7-3-1-5-15(17)16-6-2-4-8-18(16)20/h1-11,20-21H,12-13H2,(H,26,30)(H,28,29)/t21-/m1/s1. The van der Waals surface area contributed by atoms with Crippen molar-refractivity contribution in [2.75, 3.05) is 6.61 Å². The number of amides is 1. The molecule has 0 aromatic heterocycles. The third-order valence-corrected chi connectivity index (χ3v) is 5.58. The predicted molar refractivity (Wildman–Crippen MR) is 116 cm³/mol. The second kappa shape index (κ2) is 9.07. The molecule has 0 spiro atoms. The first-order chi connectivity index (χ1) is 15.8. The van der Waals surface area contributed by atoms with Crippen LogP contribution in [0.15, 0.2) is 66.7 Å². The lowest BCUT2D eigenvalue weighted by Gasteiger charge is -2.19. The Morgan fingerprint density at radius 2 is 1.67 bits per heavy atom. The number of hydrogen-bond donors (Lipinski definition) is 2. The fourth-order valence-electron chi connectivity index (χ4n) is 4.17. The highest BCUT2D eigenvalue weighted by Gasteiger charge is 2.30. The van der Waals surface area contributed by atoms with Gasteiger partial charge in [-0.2, -0.15) is 0 Å². The summed E-state index contributed by atoms with van der Waals surface area (Å²) in [5.74, 6) is -2.33. The van der Waals surface area contributed by atoms with Crippen LogP contribution in [0, 0.1) is 15.9 Å². The first kappa shape index (κ1) is 21.9. The van der Waals surface area contributed by atoms with E-state index in [4.69, 9.17) is 4.74 Å². The molecule has 0 saturated carbocycles. The van der Waals surface area contributed by atoms with Crippen molar-refractivity contribution in [3.63, 3.8) is 0 Å². The SMILES string of the molecule is O=C(O)C[C@@H](NC(=O)OCC1c2ccccc2-c2ccccc21)c1cc(F)ccc1[N+](=O)[O-]. The van der Waals surface area contributed by atoms with E-state index in [1.165, 1.54) is 0 Å². The fraction of sp³-hybridized carbons (Fsp3) is 0.167. The van der Waals surface area contributed by atoms with E-state index < -0.39 is 41.0 Å². The number of carboxylic acids is 1. The zero-order valence-corrected chi connectivity index (χ0v) is 17.2. The first-order valence-corrected chi connectivity index (χ1v) is 10.1. The number of carbonyl (C=O) groups is 2. The Bertz CT molecular complexity index is 1200. The molecule has 0 heterocycles. The van der Waals surface area contributed by atoms with Crippen LogP contribution < -0.4 is 5.32 Å². The zero-order valence-electron chi connectivity index (χ0n) is 17.2. The Balaban J connectivity index is 1.54. The van der Waals surface area contributed by atoms with Crippen molar-refractivity contribution in [3.05, 3.63) is 99.4 Å². The summed E-state index contributed by atoms with van der Waals surface area (Å²) in [7, 11) is 0. The number of nitro benzene ring substituents is 1. The summed E-state index contributed by atoms with van der Waals surface area (Å²) < 4.78 is 19.2. The smallest absolute Gasteiger partial charge is 0.407 e. The van der Waals surface area contributed by atoms with Crippen LogP contribution >= 0.6 is 0 Å². The van der Waals surface area contributed by atoms with Gasteiger partial charge in [0.25, 0.3) is 5.69 Å². The molecule has 0 aliphatic heterocycles. The molecule has 9 heteroatoms. The number of ether oxygens (including phenoxy) is 1. The van der Waals surface area contributed by atoms with Crippen molar-refractivity contribution in [1.82, 2.24) is 5.32 Å². The van der Waals surface area contributed by atoms with Crippen LogP contribution in [-0.2, 0) is 9.53 Å². The number of carboxylic acid groups (broad SMARTS) is 1. The molecule has 168 valence electrons. The number of halogens is 1. The zero-order chi connectivity index (χ0) is 23.5. The summed E-state index contributed by atoms with van der Waals surface area (Å²) in [6.07, 6.45) is -1.64. The highest BCUT2D eigenvalue weighted by Crippen LogP contribution is 2.44. The summed E-state index contributed by atoms with van der Waals surface area (Å²) in [6, 6.07) is 16.8. The number of nitrogens with zero attached hydrogens (tertiary/aromatic N) is 1. The second-order valence-electron chi connectivity index (χ2n) is 7.58. The van der Waals surface area contributed by atoms with Gasteiger partial charge in [0.05, 0.1) is 22.9 Å². The molecule has 2 N–H and O–H groups in total. The van der Waals surface area contributed by atoms with Gasteiger partial charge in [0.15, 0.2) is 0 Å². The van der Waals surface area contributed by atoms with Gasteiger partial charge in [0.1, 0.15) is 12.4 Å². The third kappa shape index (κ3) is 4.52. The maximum absolute atomic E-state index is 13.8. The molecule has 8 nitrogen and oxygen atoms in total. The molecule has 1 atom stereocenters. The van der Waals surface area contributed by atoms with Crippen LogP contribution in [0.25, 0.3) is 11.1 Å². The fourth-order valence-corrected chi connectivity index (χ4v) is 4.17. The summed E-state index contributed by atoms with van der Waals surface area (Å²) >= 11 is 0. The number of aliphatic carboxylic acids is 1. The summed E-state index contributed by atoms with van der Waals surface area (Å²) in [4.78, 5) is 34.5. The van der Waals surface area contributed by atoms with Crippen molar-refractivity contribution in [1.29, 1.82) is 0 Å². The van der Waals surface area contributed by atoms with Crippen LogP contribution in [0.1, 0.15) is 35.1 Å². The van der Waals surface area contributed by atoms with Crippen molar-refractivity contribution in [2.24, 2.45) is 0 Å². The number of fused-ring (bicyclic) bond motifs is 3. The highest BCUT2D eigenvalue weighted by atomic mass is 19.1. The van der Waals surface area contributed by atoms with Gasteiger partial charge < -0.3 is 15.2 Å². The van der Waals surface area contributed by atoms with Crippen molar-refractivity contribution in [3.8, 4) is 11.1 Å². The van der Waals surface area contributed by atoms with Crippen LogP contribution in [0.5, 0.6) is 0 Å². The minimum absolute atomic E-state index is 0.0229. The van der Waals surface area contributed by atoms with Gasteiger partial charge in [-0.3, -0.25) is 14.9 Å². The largest absolute Gasteiger partial charge is 0.481 e. The van der Waals surface area contributed by atoms with Crippen molar-refractivity contribution in [2.45, 2.75) is 18.4 Å². The topological polar surface area (TPSA) is 119 Å². The number of hydrogen-bond acceptors (Lipinski definition) is 5. The first-order valence-electron chi connectivity index (χ1n) is 10.1. The molecular weight excluding hydrogens is 431 g/mol. The minimum Gasteiger partial charge on any atom is -0.481 e. The highest BCUT2D eigenvalue weighted by molar-refractivity contribution is 5.79. The lowest BCUT2D eigenvalue weighted by atomic mass is 9.98. The van der Waals surface area contributed by atoms with E-state index in [2.05, 4.69) is 5.32 Å². The van der Waals surface area contributed by atoms with E-state index in [1.54, 1.807) is 0 Å². The molecule has 1 aliphatic rings. The molecule has 0 bridgehead atoms. The molecule has 0 unspecified atom stereocenters. The van der Waals surface area contributed by atoms with E-state index in [0.717, 1.165) is 40.5 Å². The normalized spacial score (nSPS) is 13.0. The summed E-state index contributed by atoms with van der Waals surface area (Å²) in [6.45, 7) is -0.0229. The van der Waals surface area contributed by atoms with Crippen LogP contribution in [0.2, 0.25) is 0 Å². The maximum atomic E-state index is 13.8. The number of benzene rings is 3. The van der Waals surface area contributed by atoms with E-state index in [-0.39, 0.29) is 18.1 Å². The van der Waals surface area contributed by atoms with E-state index >= 15 is 0 Å². The molecule has 33 heavy (non-hydrogen) atoms. The summed E-state index contributed by atoms with van der Waals surface area (Å²) in [5.41, 5.74) is 3.32.